The van der Waals surface area contributed by atoms with Crippen LogP contribution in [0.1, 0.15) is 10.4 Å². The Bertz CT molecular complexity index is 346. The van der Waals surface area contributed by atoms with Gasteiger partial charge < -0.3 is 10.4 Å². The molecule has 0 aromatic carbocycles. The number of aliphatic hydroxyl groups is 1. The van der Waals surface area contributed by atoms with Crippen LogP contribution in [0.3, 0.4) is 0 Å². The van der Waals surface area contributed by atoms with Crippen LogP contribution in [0.2, 0.25) is 5.15 Å². The van der Waals surface area contributed by atoms with E-state index in [0.717, 1.165) is 12.3 Å². The van der Waals surface area contributed by atoms with Gasteiger partial charge in [0.25, 0.3) is 5.91 Å². The monoisotopic (exact) mass is 218 g/mol. The molecule has 0 saturated heterocycles. The molecule has 0 saturated carbocycles. The molecule has 0 fully saturated rings. The maximum Gasteiger partial charge on any atom is 0.254 e. The van der Waals surface area contributed by atoms with Crippen molar-refractivity contribution in [3.63, 3.8) is 0 Å². The first-order valence-electron chi connectivity index (χ1n) is 3.85. The summed E-state index contributed by atoms with van der Waals surface area (Å²) in [5.41, 5.74) is -0.0416. The molecule has 0 aliphatic rings. The number of halogens is 2. The third-order valence-electron chi connectivity index (χ3n) is 1.45. The third kappa shape index (κ3) is 2.65. The fraction of sp³-hybridized carbons (Fsp3) is 0.250. The maximum atomic E-state index is 12.7. The highest BCUT2D eigenvalue weighted by atomic mass is 35.5. The fourth-order valence-corrected chi connectivity index (χ4v) is 1.04. The van der Waals surface area contributed by atoms with Crippen molar-refractivity contribution < 1.29 is 14.3 Å². The molecule has 1 heterocycles. The summed E-state index contributed by atoms with van der Waals surface area (Å²) in [4.78, 5) is 14.7. The molecule has 4 nitrogen and oxygen atoms in total. The van der Waals surface area contributed by atoms with Gasteiger partial charge >= 0.3 is 0 Å². The van der Waals surface area contributed by atoms with E-state index in [1.165, 1.54) is 0 Å². The highest BCUT2D eigenvalue weighted by Gasteiger charge is 2.11. The van der Waals surface area contributed by atoms with Gasteiger partial charge in [-0.25, -0.2) is 9.37 Å². The Balaban J connectivity index is 2.83. The molecule has 1 aromatic rings. The van der Waals surface area contributed by atoms with E-state index in [-0.39, 0.29) is 23.9 Å². The Morgan fingerprint density at radius 1 is 1.71 bits per heavy atom. The Labute approximate surface area is 84.7 Å². The molecular weight excluding hydrogens is 211 g/mol. The quantitative estimate of drug-likeness (QED) is 0.731. The minimum atomic E-state index is -0.636. The van der Waals surface area contributed by atoms with Gasteiger partial charge in [0.1, 0.15) is 11.0 Å². The zero-order valence-corrected chi connectivity index (χ0v) is 7.88. The molecule has 14 heavy (non-hydrogen) atoms. The van der Waals surface area contributed by atoms with Gasteiger partial charge in [0.05, 0.1) is 18.4 Å². The van der Waals surface area contributed by atoms with Crippen LogP contribution in [-0.2, 0) is 0 Å². The third-order valence-corrected chi connectivity index (χ3v) is 1.75. The van der Waals surface area contributed by atoms with Gasteiger partial charge in [-0.3, -0.25) is 4.79 Å². The summed E-state index contributed by atoms with van der Waals surface area (Å²) in [7, 11) is 0. The SMILES string of the molecule is O=C(NCCO)c1cc(F)cnc1Cl. The standard InChI is InChI=1S/C8H8ClFN2O2/c9-7-6(3-5(10)4-12-7)8(14)11-1-2-13/h3-4,13H,1-2H2,(H,11,14). The molecule has 76 valence electrons. The Kier molecular flexibility index (Phi) is 3.79. The zero-order valence-electron chi connectivity index (χ0n) is 7.13. The lowest BCUT2D eigenvalue weighted by Gasteiger charge is -2.04. The van der Waals surface area contributed by atoms with Crippen LogP contribution in [0.25, 0.3) is 0 Å². The summed E-state index contributed by atoms with van der Waals surface area (Å²) in [5, 5.41) is 10.7. The number of pyridine rings is 1. The van der Waals surface area contributed by atoms with Gasteiger partial charge in [0.15, 0.2) is 0 Å². The fourth-order valence-electron chi connectivity index (χ4n) is 0.846. The number of nitrogens with zero attached hydrogens (tertiary/aromatic N) is 1. The number of carbonyl (C=O) groups is 1. The Hall–Kier alpha value is -1.20. The molecule has 0 radical (unpaired) electrons. The van der Waals surface area contributed by atoms with Crippen LogP contribution in [0.5, 0.6) is 0 Å². The number of hydrogen-bond donors (Lipinski definition) is 2. The highest BCUT2D eigenvalue weighted by Crippen LogP contribution is 2.13. The summed E-state index contributed by atoms with van der Waals surface area (Å²) >= 11 is 5.57. The number of rotatable bonds is 3. The number of hydrogen-bond acceptors (Lipinski definition) is 3. The molecule has 6 heteroatoms. The van der Waals surface area contributed by atoms with Crippen molar-refractivity contribution in [3.05, 3.63) is 28.8 Å². The van der Waals surface area contributed by atoms with Crippen molar-refractivity contribution in [3.8, 4) is 0 Å². The number of amides is 1. The van der Waals surface area contributed by atoms with Gasteiger partial charge in [0.2, 0.25) is 0 Å². The van der Waals surface area contributed by atoms with E-state index in [2.05, 4.69) is 10.3 Å². The molecule has 1 rings (SSSR count). The van der Waals surface area contributed by atoms with Crippen LogP contribution in [0.15, 0.2) is 12.3 Å². The molecule has 0 atom stereocenters. The molecule has 2 N–H and O–H groups in total. The van der Waals surface area contributed by atoms with Crippen molar-refractivity contribution in [2.75, 3.05) is 13.2 Å². The molecule has 0 aliphatic carbocycles. The van der Waals surface area contributed by atoms with E-state index < -0.39 is 11.7 Å². The molecule has 1 amide bonds. The average Bonchev–Trinajstić information content (AvgIpc) is 2.18. The zero-order chi connectivity index (χ0) is 10.6. The Morgan fingerprint density at radius 3 is 3.07 bits per heavy atom. The largest absolute Gasteiger partial charge is 0.395 e. The predicted octanol–water partition coefficient (Wildman–Crippen LogP) is 0.596. The first kappa shape index (κ1) is 10.9. The molecule has 1 aromatic heterocycles. The number of aromatic nitrogens is 1. The topological polar surface area (TPSA) is 62.2 Å². The lowest BCUT2D eigenvalue weighted by Crippen LogP contribution is -2.26. The molecular formula is C8H8ClFN2O2. The predicted molar refractivity (Wildman–Crippen MR) is 48.6 cm³/mol. The van der Waals surface area contributed by atoms with Gasteiger partial charge in [0, 0.05) is 6.54 Å². The van der Waals surface area contributed by atoms with Crippen molar-refractivity contribution >= 4 is 17.5 Å². The van der Waals surface area contributed by atoms with Gasteiger partial charge in [-0.2, -0.15) is 0 Å². The van der Waals surface area contributed by atoms with Crippen LogP contribution in [0, 0.1) is 5.82 Å². The minimum Gasteiger partial charge on any atom is -0.395 e. The van der Waals surface area contributed by atoms with E-state index in [4.69, 9.17) is 16.7 Å². The van der Waals surface area contributed by atoms with Crippen LogP contribution < -0.4 is 5.32 Å². The van der Waals surface area contributed by atoms with Crippen LogP contribution in [0.4, 0.5) is 4.39 Å². The second kappa shape index (κ2) is 4.88. The second-order valence-corrected chi connectivity index (χ2v) is 2.83. The first-order valence-corrected chi connectivity index (χ1v) is 4.23. The number of carbonyl (C=O) groups excluding carboxylic acids is 1. The van der Waals surface area contributed by atoms with Crippen molar-refractivity contribution in [1.82, 2.24) is 10.3 Å². The summed E-state index contributed by atoms with van der Waals surface area (Å²) in [6, 6.07) is 0.988. The number of nitrogens with one attached hydrogen (secondary N) is 1. The van der Waals surface area contributed by atoms with Crippen molar-refractivity contribution in [2.45, 2.75) is 0 Å². The maximum absolute atomic E-state index is 12.7. The van der Waals surface area contributed by atoms with Gasteiger partial charge in [-0.05, 0) is 6.07 Å². The van der Waals surface area contributed by atoms with Crippen molar-refractivity contribution in [1.29, 1.82) is 0 Å². The van der Waals surface area contributed by atoms with E-state index in [9.17, 15) is 9.18 Å². The Morgan fingerprint density at radius 2 is 2.43 bits per heavy atom. The normalized spacial score (nSPS) is 9.93. The summed E-state index contributed by atoms with van der Waals surface area (Å²) < 4.78 is 12.7. The second-order valence-electron chi connectivity index (χ2n) is 2.47. The molecule has 0 unspecified atom stereocenters. The molecule has 0 aliphatic heterocycles. The summed E-state index contributed by atoms with van der Waals surface area (Å²) in [6.45, 7) is -0.0994. The van der Waals surface area contributed by atoms with Crippen molar-refractivity contribution in [2.24, 2.45) is 0 Å². The minimum absolute atomic E-state index is 0.0416. The van der Waals surface area contributed by atoms with E-state index in [1.54, 1.807) is 0 Å². The molecule has 0 bridgehead atoms. The lowest BCUT2D eigenvalue weighted by atomic mass is 10.2. The summed E-state index contributed by atoms with van der Waals surface area (Å²) in [6.07, 6.45) is 0.922. The van der Waals surface area contributed by atoms with Gasteiger partial charge in [-0.1, -0.05) is 11.6 Å². The van der Waals surface area contributed by atoms with Crippen LogP contribution in [-0.4, -0.2) is 29.1 Å². The first-order chi connectivity index (χ1) is 6.65. The van der Waals surface area contributed by atoms with E-state index in [1.807, 2.05) is 0 Å². The lowest BCUT2D eigenvalue weighted by molar-refractivity contribution is 0.0944. The molecule has 0 spiro atoms. The summed E-state index contributed by atoms with van der Waals surface area (Å²) in [5.74, 6) is -1.19. The van der Waals surface area contributed by atoms with Gasteiger partial charge in [-0.15, -0.1) is 0 Å². The average molecular weight is 219 g/mol. The number of aliphatic hydroxyl groups excluding tert-OH is 1. The van der Waals surface area contributed by atoms with E-state index in [0.29, 0.717) is 0 Å². The van der Waals surface area contributed by atoms with E-state index >= 15 is 0 Å². The van der Waals surface area contributed by atoms with Crippen LogP contribution >= 0.6 is 11.6 Å². The smallest absolute Gasteiger partial charge is 0.254 e. The highest BCUT2D eigenvalue weighted by molar-refractivity contribution is 6.32.